The van der Waals surface area contributed by atoms with Gasteiger partial charge in [0.2, 0.25) is 5.91 Å². The summed E-state index contributed by atoms with van der Waals surface area (Å²) in [5.74, 6) is 0.376. The van der Waals surface area contributed by atoms with Crippen molar-refractivity contribution in [3.05, 3.63) is 46.5 Å². The number of rotatable bonds is 10. The highest BCUT2D eigenvalue weighted by atomic mass is 32.1. The maximum atomic E-state index is 13.9. The number of aliphatic imine (C=N–C) groups is 1. The van der Waals surface area contributed by atoms with E-state index in [1.165, 1.54) is 17.4 Å². The Hall–Kier alpha value is -3.99. The van der Waals surface area contributed by atoms with E-state index in [0.29, 0.717) is 60.5 Å². The third-order valence-electron chi connectivity index (χ3n) is 9.99. The van der Waals surface area contributed by atoms with E-state index >= 15 is 0 Å². The van der Waals surface area contributed by atoms with Gasteiger partial charge in [0, 0.05) is 80.6 Å². The molecule has 0 spiro atoms. The molecule has 2 saturated heterocycles. The maximum absolute atomic E-state index is 13.9. The molecule has 5 N–H and O–H groups in total. The summed E-state index contributed by atoms with van der Waals surface area (Å²) in [6.45, 7) is 14.7. The fourth-order valence-corrected chi connectivity index (χ4v) is 8.35. The highest BCUT2D eigenvalue weighted by molar-refractivity contribution is 7.16. The number of fused-ring (bicyclic) bond motifs is 1. The van der Waals surface area contributed by atoms with Crippen LogP contribution in [0.3, 0.4) is 0 Å². The number of hydrogen-bond donors (Lipinski definition) is 3. The van der Waals surface area contributed by atoms with Gasteiger partial charge in [0.25, 0.3) is 5.91 Å². The van der Waals surface area contributed by atoms with E-state index in [2.05, 4.69) is 50.6 Å². The smallest absolute Gasteiger partial charge is 0.258 e. The number of carbonyl (C=O) groups excluding carboxylic acids is 2. The number of nitrogens with zero attached hydrogens (tertiary/aromatic N) is 7. The Bertz CT molecular complexity index is 1550. The molecule has 0 bridgehead atoms. The topological polar surface area (TPSA) is 160 Å². The number of thiophene rings is 1. The Labute approximate surface area is 282 Å². The number of amides is 2. The molecule has 252 valence electrons. The van der Waals surface area contributed by atoms with Crippen molar-refractivity contribution in [1.82, 2.24) is 20.1 Å². The average Bonchev–Trinajstić information content (AvgIpc) is 3.44. The third kappa shape index (κ3) is 7.15. The normalized spacial score (nSPS) is 21.2. The Balaban J connectivity index is 1.44. The number of nitriles is 1. The molecule has 5 rings (SSSR count). The van der Waals surface area contributed by atoms with Crippen LogP contribution in [0.15, 0.2) is 29.8 Å². The van der Waals surface area contributed by atoms with Crippen LogP contribution in [-0.4, -0.2) is 104 Å². The molecule has 0 radical (unpaired) electrons. The van der Waals surface area contributed by atoms with Gasteiger partial charge >= 0.3 is 0 Å². The van der Waals surface area contributed by atoms with Gasteiger partial charge < -0.3 is 31.5 Å². The van der Waals surface area contributed by atoms with Gasteiger partial charge in [-0.1, -0.05) is 13.5 Å². The van der Waals surface area contributed by atoms with E-state index in [-0.39, 0.29) is 11.7 Å². The summed E-state index contributed by atoms with van der Waals surface area (Å²) >= 11 is 1.39. The molecule has 2 aliphatic heterocycles. The molecule has 2 aromatic heterocycles. The second kappa shape index (κ2) is 14.8. The van der Waals surface area contributed by atoms with Crippen LogP contribution in [0.4, 0.5) is 16.5 Å². The van der Waals surface area contributed by atoms with Crippen LogP contribution in [0.2, 0.25) is 0 Å². The van der Waals surface area contributed by atoms with Crippen LogP contribution in [0, 0.1) is 11.3 Å². The fourth-order valence-electron chi connectivity index (χ4n) is 7.16. The predicted molar refractivity (Wildman–Crippen MR) is 189 cm³/mol. The van der Waals surface area contributed by atoms with Gasteiger partial charge in [-0.05, 0) is 64.8 Å². The summed E-state index contributed by atoms with van der Waals surface area (Å²) in [7, 11) is 2.00. The number of aryl methyl sites for hydroxylation is 1. The minimum absolute atomic E-state index is 0.0466. The number of carbonyl (C=O) groups is 2. The van der Waals surface area contributed by atoms with Crippen molar-refractivity contribution in [2.24, 2.45) is 10.7 Å². The minimum atomic E-state index is -0.995. The number of anilines is 3. The molecule has 2 aromatic rings. The van der Waals surface area contributed by atoms with Crippen molar-refractivity contribution < 1.29 is 9.59 Å². The first kappa shape index (κ1) is 34.3. The first-order valence-electron chi connectivity index (χ1n) is 16.7. The van der Waals surface area contributed by atoms with E-state index in [1.807, 2.05) is 20.0 Å². The number of piperazine rings is 2. The van der Waals surface area contributed by atoms with Gasteiger partial charge in [-0.3, -0.25) is 14.5 Å². The molecule has 2 unspecified atom stereocenters. The number of nitrogens with one attached hydrogen (secondary N) is 1. The quantitative estimate of drug-likeness (QED) is 0.196. The van der Waals surface area contributed by atoms with Crippen LogP contribution >= 0.6 is 11.3 Å². The number of aromatic nitrogens is 1. The van der Waals surface area contributed by atoms with E-state index in [9.17, 15) is 14.9 Å². The zero-order valence-electron chi connectivity index (χ0n) is 27.9. The van der Waals surface area contributed by atoms with Gasteiger partial charge in [0.05, 0.1) is 11.0 Å². The van der Waals surface area contributed by atoms with Gasteiger partial charge in [0.1, 0.15) is 22.6 Å². The van der Waals surface area contributed by atoms with E-state index < -0.39 is 11.3 Å². The molecule has 3 aliphatic rings. The highest BCUT2D eigenvalue weighted by Gasteiger charge is 2.43. The van der Waals surface area contributed by atoms with E-state index in [0.717, 1.165) is 74.8 Å². The summed E-state index contributed by atoms with van der Waals surface area (Å²) in [5.41, 5.74) is 14.2. The van der Waals surface area contributed by atoms with Crippen molar-refractivity contribution in [2.75, 3.05) is 81.5 Å². The number of pyridine rings is 1. The molecule has 13 heteroatoms. The molecule has 2 atom stereocenters. The molecule has 1 aliphatic carbocycles. The zero-order chi connectivity index (χ0) is 33.7. The van der Waals surface area contributed by atoms with Crippen molar-refractivity contribution in [3.63, 3.8) is 0 Å². The molecule has 0 aromatic carbocycles. The molecule has 2 fully saturated rings. The summed E-state index contributed by atoms with van der Waals surface area (Å²) < 4.78 is 0. The molecule has 12 nitrogen and oxygen atoms in total. The minimum Gasteiger partial charge on any atom is -0.389 e. The lowest BCUT2D eigenvalue weighted by Gasteiger charge is -2.40. The highest BCUT2D eigenvalue weighted by Crippen LogP contribution is 2.46. The van der Waals surface area contributed by atoms with Crippen LogP contribution < -0.4 is 26.6 Å². The SMILES string of the molecule is C=CC(=O)N1CCN(c2cc(C(N)=NC(=O)C3(C)CCCc4sc(N)c(C#N)c43)nc(N3CCN(C(CC)CCNC)CC3)c2)CC1. The second-order valence-corrected chi connectivity index (χ2v) is 13.9. The molecule has 0 saturated carbocycles. The number of nitrogens with two attached hydrogens (primary N) is 2. The third-order valence-corrected chi connectivity index (χ3v) is 11.1. The molecular weight excluding hydrogens is 613 g/mol. The Morgan fingerprint density at radius 2 is 1.89 bits per heavy atom. The largest absolute Gasteiger partial charge is 0.389 e. The number of nitrogen functional groups attached to an aromatic ring is 1. The standard InChI is InChI=1S/C34H48N10O2S/c1-5-23(9-11-38-4)41-12-16-43(17-13-41)28-21-24(42-14-18-44(19-15-42)29(45)6-2)20-26(39-28)31(36)40-33(46)34(3)10-7-8-27-30(34)25(22-35)32(37)47-27/h6,20-21,23,38H,2,5,7-19,37H2,1,3-4H3,(H2,36,40,46). The van der Waals surface area contributed by atoms with E-state index in [1.54, 1.807) is 4.90 Å². The average molecular weight is 661 g/mol. The summed E-state index contributed by atoms with van der Waals surface area (Å²) in [5, 5.41) is 13.6. The Kier molecular flexibility index (Phi) is 10.8. The molecular formula is C34H48N10O2S. The zero-order valence-corrected chi connectivity index (χ0v) is 28.7. The lowest BCUT2D eigenvalue weighted by atomic mass is 9.72. The van der Waals surface area contributed by atoms with Crippen LogP contribution in [-0.2, 0) is 21.4 Å². The fraction of sp³-hybridized carbons (Fsp3) is 0.559. The first-order valence-corrected chi connectivity index (χ1v) is 17.5. The maximum Gasteiger partial charge on any atom is 0.258 e. The second-order valence-electron chi connectivity index (χ2n) is 12.8. The van der Waals surface area contributed by atoms with Crippen molar-refractivity contribution in [1.29, 1.82) is 5.26 Å². The van der Waals surface area contributed by atoms with Crippen molar-refractivity contribution >= 4 is 45.5 Å². The van der Waals surface area contributed by atoms with Gasteiger partial charge in [0.15, 0.2) is 5.84 Å². The van der Waals surface area contributed by atoms with Gasteiger partial charge in [-0.15, -0.1) is 11.3 Å². The first-order chi connectivity index (χ1) is 22.6. The lowest BCUT2D eigenvalue weighted by Crippen LogP contribution is -2.51. The molecule has 2 amide bonds. The van der Waals surface area contributed by atoms with E-state index in [4.69, 9.17) is 16.5 Å². The Morgan fingerprint density at radius 3 is 2.53 bits per heavy atom. The van der Waals surface area contributed by atoms with Crippen molar-refractivity contribution in [3.8, 4) is 6.07 Å². The van der Waals surface area contributed by atoms with Gasteiger partial charge in [-0.2, -0.15) is 10.3 Å². The summed E-state index contributed by atoms with van der Waals surface area (Å²) in [6.07, 6.45) is 5.72. The van der Waals surface area contributed by atoms with Crippen LogP contribution in [0.5, 0.6) is 0 Å². The monoisotopic (exact) mass is 660 g/mol. The molecule has 4 heterocycles. The summed E-state index contributed by atoms with van der Waals surface area (Å²) in [4.78, 5) is 45.4. The van der Waals surface area contributed by atoms with Crippen LogP contribution in [0.25, 0.3) is 0 Å². The summed E-state index contributed by atoms with van der Waals surface area (Å²) in [6, 6.07) is 6.72. The van der Waals surface area contributed by atoms with Crippen molar-refractivity contribution in [2.45, 2.75) is 57.4 Å². The van der Waals surface area contributed by atoms with Gasteiger partial charge in [-0.25, -0.2) is 4.98 Å². The number of amidine groups is 1. The predicted octanol–water partition coefficient (Wildman–Crippen LogP) is 2.47. The molecule has 47 heavy (non-hydrogen) atoms. The van der Waals surface area contributed by atoms with Crippen LogP contribution in [0.1, 0.15) is 61.2 Å². The lowest BCUT2D eigenvalue weighted by molar-refractivity contribution is -0.126. The number of hydrogen-bond acceptors (Lipinski definition) is 10. The Morgan fingerprint density at radius 1 is 1.19 bits per heavy atom.